The molecule has 0 saturated carbocycles. The van der Waals surface area contributed by atoms with Crippen LogP contribution in [-0.4, -0.2) is 27.2 Å². The molecule has 1 aliphatic rings. The van der Waals surface area contributed by atoms with Crippen molar-refractivity contribution in [3.63, 3.8) is 0 Å². The Labute approximate surface area is 116 Å². The van der Waals surface area contributed by atoms with Gasteiger partial charge in [0.1, 0.15) is 5.75 Å². The molecule has 1 atom stereocenters. The van der Waals surface area contributed by atoms with E-state index in [1.807, 2.05) is 0 Å². The number of hydrogen-bond donors (Lipinski definition) is 2. The fourth-order valence-electron chi connectivity index (χ4n) is 3.05. The Bertz CT molecular complexity index is 425. The second-order valence-electron chi connectivity index (χ2n) is 5.53. The lowest BCUT2D eigenvalue weighted by Crippen LogP contribution is -2.35. The van der Waals surface area contributed by atoms with Crippen molar-refractivity contribution >= 4 is 0 Å². The van der Waals surface area contributed by atoms with E-state index in [-0.39, 0.29) is 0 Å². The Morgan fingerprint density at radius 2 is 1.84 bits per heavy atom. The molecule has 0 spiro atoms. The molecular formula is C16H26N2O. The lowest BCUT2D eigenvalue weighted by molar-refractivity contribution is 0.286. The van der Waals surface area contributed by atoms with Gasteiger partial charge in [0.2, 0.25) is 0 Å². The van der Waals surface area contributed by atoms with Gasteiger partial charge in [0.05, 0.1) is 7.11 Å². The lowest BCUT2D eigenvalue weighted by atomic mass is 9.84. The summed E-state index contributed by atoms with van der Waals surface area (Å²) in [5.41, 5.74) is 3.94. The third-order valence-corrected chi connectivity index (χ3v) is 4.35. The normalized spacial score (nSPS) is 18.3. The maximum Gasteiger partial charge on any atom is 0.123 e. The molecule has 2 rings (SSSR count). The monoisotopic (exact) mass is 262 g/mol. The molecule has 1 saturated heterocycles. The van der Waals surface area contributed by atoms with E-state index in [9.17, 15) is 0 Å². The van der Waals surface area contributed by atoms with Crippen molar-refractivity contribution in [1.29, 1.82) is 0 Å². The van der Waals surface area contributed by atoms with Crippen molar-refractivity contribution in [1.82, 2.24) is 10.6 Å². The fraction of sp³-hybridized carbons (Fsp3) is 0.625. The topological polar surface area (TPSA) is 33.3 Å². The molecular weight excluding hydrogens is 236 g/mol. The predicted octanol–water partition coefficient (Wildman–Crippen LogP) is 2.57. The van der Waals surface area contributed by atoms with Gasteiger partial charge in [0.15, 0.2) is 0 Å². The highest BCUT2D eigenvalue weighted by Gasteiger charge is 2.26. The number of hydrogen-bond acceptors (Lipinski definition) is 3. The van der Waals surface area contributed by atoms with Crippen LogP contribution < -0.4 is 15.4 Å². The summed E-state index contributed by atoms with van der Waals surface area (Å²) in [6.45, 7) is 6.56. The van der Waals surface area contributed by atoms with Gasteiger partial charge in [-0.05, 0) is 69.9 Å². The zero-order valence-corrected chi connectivity index (χ0v) is 12.5. The van der Waals surface area contributed by atoms with Gasteiger partial charge in [-0.2, -0.15) is 0 Å². The van der Waals surface area contributed by atoms with Crippen molar-refractivity contribution in [2.45, 2.75) is 32.7 Å². The maximum atomic E-state index is 5.60. The third-order valence-electron chi connectivity index (χ3n) is 4.35. The van der Waals surface area contributed by atoms with Crippen molar-refractivity contribution in [3.8, 4) is 5.75 Å². The van der Waals surface area contributed by atoms with Crippen LogP contribution in [0, 0.1) is 19.8 Å². The number of piperidine rings is 1. The molecule has 0 bridgehead atoms. The largest absolute Gasteiger partial charge is 0.496 e. The van der Waals surface area contributed by atoms with E-state index in [1.54, 1.807) is 7.11 Å². The third kappa shape index (κ3) is 3.10. The van der Waals surface area contributed by atoms with Gasteiger partial charge in [-0.3, -0.25) is 0 Å². The molecule has 0 aromatic heterocycles. The number of methoxy groups -OCH3 is 1. The Hall–Kier alpha value is -1.06. The summed E-state index contributed by atoms with van der Waals surface area (Å²) in [6, 6.07) is 4.84. The van der Waals surface area contributed by atoms with E-state index in [4.69, 9.17) is 4.74 Å². The van der Waals surface area contributed by atoms with Crippen LogP contribution >= 0.6 is 0 Å². The molecule has 0 amide bonds. The number of ether oxygens (including phenoxy) is 1. The zero-order valence-electron chi connectivity index (χ0n) is 12.5. The quantitative estimate of drug-likeness (QED) is 0.875. The number of aryl methyl sites for hydroxylation is 2. The van der Waals surface area contributed by atoms with Crippen LogP contribution in [0.3, 0.4) is 0 Å². The van der Waals surface area contributed by atoms with Gasteiger partial charge >= 0.3 is 0 Å². The molecule has 0 aliphatic carbocycles. The lowest BCUT2D eigenvalue weighted by Gasteiger charge is -2.32. The van der Waals surface area contributed by atoms with Crippen molar-refractivity contribution in [3.05, 3.63) is 28.8 Å². The SMILES string of the molecule is CNC(c1cc(C)c(C)cc1OC)C1CCNCC1. The van der Waals surface area contributed by atoms with E-state index in [2.05, 4.69) is 43.7 Å². The Morgan fingerprint density at radius 1 is 1.21 bits per heavy atom. The Balaban J connectivity index is 2.33. The summed E-state index contributed by atoms with van der Waals surface area (Å²) in [5.74, 6) is 1.70. The van der Waals surface area contributed by atoms with Gasteiger partial charge in [0, 0.05) is 11.6 Å². The molecule has 3 nitrogen and oxygen atoms in total. The van der Waals surface area contributed by atoms with Gasteiger partial charge in [-0.15, -0.1) is 0 Å². The van der Waals surface area contributed by atoms with E-state index >= 15 is 0 Å². The van der Waals surface area contributed by atoms with Crippen LogP contribution in [0.5, 0.6) is 5.75 Å². The van der Waals surface area contributed by atoms with Gasteiger partial charge in [-0.25, -0.2) is 0 Å². The summed E-state index contributed by atoms with van der Waals surface area (Å²) in [7, 11) is 3.82. The number of benzene rings is 1. The molecule has 106 valence electrons. The van der Waals surface area contributed by atoms with Crippen LogP contribution in [0.4, 0.5) is 0 Å². The van der Waals surface area contributed by atoms with E-state index in [0.29, 0.717) is 12.0 Å². The highest BCUT2D eigenvalue weighted by atomic mass is 16.5. The van der Waals surface area contributed by atoms with E-state index in [1.165, 1.54) is 29.5 Å². The molecule has 19 heavy (non-hydrogen) atoms. The molecule has 3 heteroatoms. The first-order valence-corrected chi connectivity index (χ1v) is 7.20. The minimum absolute atomic E-state index is 0.386. The first-order valence-electron chi connectivity index (χ1n) is 7.20. The maximum absolute atomic E-state index is 5.60. The first kappa shape index (κ1) is 14.4. The number of rotatable bonds is 4. The second-order valence-corrected chi connectivity index (χ2v) is 5.53. The molecule has 2 N–H and O–H groups in total. The van der Waals surface area contributed by atoms with E-state index < -0.39 is 0 Å². The summed E-state index contributed by atoms with van der Waals surface area (Å²) >= 11 is 0. The zero-order chi connectivity index (χ0) is 13.8. The van der Waals surface area contributed by atoms with Crippen LogP contribution in [0.25, 0.3) is 0 Å². The Morgan fingerprint density at radius 3 is 2.42 bits per heavy atom. The molecule has 0 radical (unpaired) electrons. The average Bonchev–Trinajstić information content (AvgIpc) is 2.44. The fourth-order valence-corrected chi connectivity index (χ4v) is 3.05. The molecule has 1 fully saturated rings. The summed E-state index contributed by atoms with van der Waals surface area (Å²) < 4.78 is 5.60. The highest BCUT2D eigenvalue weighted by molar-refractivity contribution is 5.43. The van der Waals surface area contributed by atoms with Gasteiger partial charge in [-0.1, -0.05) is 6.07 Å². The first-order chi connectivity index (χ1) is 9.17. The summed E-state index contributed by atoms with van der Waals surface area (Å²) in [5, 5.41) is 6.94. The minimum atomic E-state index is 0.386. The molecule has 1 aromatic rings. The average molecular weight is 262 g/mol. The molecule has 1 heterocycles. The van der Waals surface area contributed by atoms with Crippen molar-refractivity contribution in [2.24, 2.45) is 5.92 Å². The van der Waals surface area contributed by atoms with E-state index in [0.717, 1.165) is 18.8 Å². The van der Waals surface area contributed by atoms with Crippen LogP contribution in [-0.2, 0) is 0 Å². The summed E-state index contributed by atoms with van der Waals surface area (Å²) in [6.07, 6.45) is 2.45. The van der Waals surface area contributed by atoms with Gasteiger partial charge < -0.3 is 15.4 Å². The smallest absolute Gasteiger partial charge is 0.123 e. The number of nitrogens with one attached hydrogen (secondary N) is 2. The van der Waals surface area contributed by atoms with Crippen molar-refractivity contribution in [2.75, 3.05) is 27.2 Å². The molecule has 1 aromatic carbocycles. The highest BCUT2D eigenvalue weighted by Crippen LogP contribution is 2.35. The van der Waals surface area contributed by atoms with Crippen LogP contribution in [0.2, 0.25) is 0 Å². The second kappa shape index (κ2) is 6.40. The predicted molar refractivity (Wildman–Crippen MR) is 79.9 cm³/mol. The minimum Gasteiger partial charge on any atom is -0.496 e. The van der Waals surface area contributed by atoms with Crippen LogP contribution in [0.1, 0.15) is 35.6 Å². The van der Waals surface area contributed by atoms with Crippen molar-refractivity contribution < 1.29 is 4.74 Å². The standard InChI is InChI=1S/C16H26N2O/c1-11-9-14(15(19-4)10-12(11)2)16(17-3)13-5-7-18-8-6-13/h9-10,13,16-18H,5-8H2,1-4H3. The molecule has 1 unspecified atom stereocenters. The molecule has 1 aliphatic heterocycles. The van der Waals surface area contributed by atoms with Gasteiger partial charge in [0.25, 0.3) is 0 Å². The van der Waals surface area contributed by atoms with Crippen LogP contribution in [0.15, 0.2) is 12.1 Å². The summed E-state index contributed by atoms with van der Waals surface area (Å²) in [4.78, 5) is 0. The Kier molecular flexibility index (Phi) is 4.83.